The number of nitrogens with one attached hydrogen (secondary N) is 1. The van der Waals surface area contributed by atoms with Crippen LogP contribution in [0, 0.1) is 11.2 Å². The molecular weight excluding hydrogens is 367 g/mol. The molecule has 0 spiro atoms. The molecule has 0 radical (unpaired) electrons. The number of Topliss-reactive ketones (excluding diaryl/α,β-unsaturated/α-hetero) is 1. The maximum Gasteiger partial charge on any atom is 0.192 e. The molecule has 29 heavy (non-hydrogen) atoms. The number of hydrogen-bond acceptors (Lipinski definition) is 3. The van der Waals surface area contributed by atoms with Crippen LogP contribution in [0.3, 0.4) is 0 Å². The molecule has 4 nitrogen and oxygen atoms in total. The molecule has 0 amide bonds. The zero-order valence-corrected chi connectivity index (χ0v) is 18.4. The Bertz CT molecular complexity index is 979. The number of likely N-dealkylation sites (N-methyl/N-ethyl adjacent to an activating group) is 1. The number of rotatable bonds is 6. The lowest BCUT2D eigenvalue weighted by Gasteiger charge is -2.35. The van der Waals surface area contributed by atoms with Gasteiger partial charge in [0.25, 0.3) is 0 Å². The van der Waals surface area contributed by atoms with Crippen LogP contribution in [0.4, 0.5) is 4.39 Å². The summed E-state index contributed by atoms with van der Waals surface area (Å²) in [4.78, 5) is 24.7. The minimum absolute atomic E-state index is 0.0113. The lowest BCUT2D eigenvalue weighted by Crippen LogP contribution is -2.35. The molecular formula is C24H31FN2O2. The van der Waals surface area contributed by atoms with Gasteiger partial charge in [-0.25, -0.2) is 4.39 Å². The molecule has 2 aromatic rings. The summed E-state index contributed by atoms with van der Waals surface area (Å²) in [5.74, 6) is -0.534. The van der Waals surface area contributed by atoms with Crippen LogP contribution >= 0.6 is 0 Å². The van der Waals surface area contributed by atoms with E-state index in [0.29, 0.717) is 6.54 Å². The molecule has 5 heteroatoms. The lowest BCUT2D eigenvalue weighted by molar-refractivity contribution is 0.101. The summed E-state index contributed by atoms with van der Waals surface area (Å²) in [6, 6.07) is 7.88. The van der Waals surface area contributed by atoms with Gasteiger partial charge in [-0.1, -0.05) is 32.9 Å². The largest absolute Gasteiger partial charge is 0.342 e. The standard InChI is InChI=1S/C24H31FN2O2/c1-15(18-8-10-19(25)11-9-18)16(2)21-12-22(29)20(17(3)28)14-27(21)23(13-26-7)24(4,5)6/h8-12,14,23,26H,13H2,1-7H3/b16-15-/t23-/m0/s1. The minimum Gasteiger partial charge on any atom is -0.342 e. The first-order valence-corrected chi connectivity index (χ1v) is 9.83. The molecule has 0 bridgehead atoms. The molecule has 156 valence electrons. The van der Waals surface area contributed by atoms with Crippen LogP contribution in [0.25, 0.3) is 11.1 Å². The van der Waals surface area contributed by atoms with E-state index in [2.05, 4.69) is 26.1 Å². The Morgan fingerprint density at radius 2 is 1.69 bits per heavy atom. The van der Waals surface area contributed by atoms with Crippen molar-refractivity contribution in [3.05, 3.63) is 69.4 Å². The van der Waals surface area contributed by atoms with E-state index in [1.54, 1.807) is 24.4 Å². The predicted octanol–water partition coefficient (Wildman–Crippen LogP) is 4.95. The molecule has 0 aliphatic rings. The Kier molecular flexibility index (Phi) is 6.96. The number of benzene rings is 1. The molecule has 1 aromatic heterocycles. The molecule has 2 rings (SSSR count). The number of carbonyl (C=O) groups is 1. The van der Waals surface area contributed by atoms with Crippen LogP contribution in [0.1, 0.15) is 69.2 Å². The van der Waals surface area contributed by atoms with Gasteiger partial charge < -0.3 is 9.88 Å². The Morgan fingerprint density at radius 1 is 1.10 bits per heavy atom. The number of hydrogen-bond donors (Lipinski definition) is 1. The van der Waals surface area contributed by atoms with Gasteiger partial charge in [0.1, 0.15) is 5.82 Å². The highest BCUT2D eigenvalue weighted by atomic mass is 19.1. The van der Waals surface area contributed by atoms with Crippen molar-refractivity contribution in [2.45, 2.75) is 47.6 Å². The van der Waals surface area contributed by atoms with Crippen molar-refractivity contribution in [1.82, 2.24) is 9.88 Å². The summed E-state index contributed by atoms with van der Waals surface area (Å²) in [5.41, 5.74) is 3.29. The smallest absolute Gasteiger partial charge is 0.192 e. The molecule has 1 atom stereocenters. The molecule has 0 aliphatic carbocycles. The van der Waals surface area contributed by atoms with Crippen LogP contribution in [0.5, 0.6) is 0 Å². The van der Waals surface area contributed by atoms with Gasteiger partial charge in [0, 0.05) is 24.5 Å². The van der Waals surface area contributed by atoms with Gasteiger partial charge in [-0.2, -0.15) is 0 Å². The molecule has 1 aromatic carbocycles. The van der Waals surface area contributed by atoms with Crippen LogP contribution in [-0.2, 0) is 0 Å². The molecule has 0 saturated carbocycles. The van der Waals surface area contributed by atoms with Crippen molar-refractivity contribution in [3.8, 4) is 0 Å². The summed E-state index contributed by atoms with van der Waals surface area (Å²) >= 11 is 0. The van der Waals surface area contributed by atoms with Crippen molar-refractivity contribution in [2.75, 3.05) is 13.6 Å². The molecule has 0 fully saturated rings. The Balaban J connectivity index is 2.80. The molecule has 1 N–H and O–H groups in total. The van der Waals surface area contributed by atoms with Crippen molar-refractivity contribution in [1.29, 1.82) is 0 Å². The van der Waals surface area contributed by atoms with Crippen molar-refractivity contribution < 1.29 is 9.18 Å². The number of pyridine rings is 1. The second kappa shape index (κ2) is 8.87. The van der Waals surface area contributed by atoms with E-state index in [1.165, 1.54) is 19.1 Å². The van der Waals surface area contributed by atoms with E-state index in [-0.39, 0.29) is 34.0 Å². The Labute approximate surface area is 172 Å². The highest BCUT2D eigenvalue weighted by Crippen LogP contribution is 2.34. The first-order chi connectivity index (χ1) is 13.5. The van der Waals surface area contributed by atoms with Crippen LogP contribution in [-0.4, -0.2) is 23.9 Å². The topological polar surface area (TPSA) is 51.1 Å². The maximum atomic E-state index is 13.3. The van der Waals surface area contributed by atoms with Crippen LogP contribution in [0.15, 0.2) is 41.3 Å². The SMILES string of the molecule is CNC[C@H](n1cc(C(C)=O)c(=O)cc1/C(C)=C(/C)c1ccc(F)cc1)C(C)(C)C. The molecule has 0 saturated heterocycles. The van der Waals surface area contributed by atoms with E-state index in [1.807, 2.05) is 25.5 Å². The number of allylic oxidation sites excluding steroid dienone is 2. The summed E-state index contributed by atoms with van der Waals surface area (Å²) in [6.07, 6.45) is 1.69. The van der Waals surface area contributed by atoms with Gasteiger partial charge in [-0.15, -0.1) is 0 Å². The van der Waals surface area contributed by atoms with Crippen molar-refractivity contribution in [2.24, 2.45) is 5.41 Å². The second-order valence-electron chi connectivity index (χ2n) is 8.60. The minimum atomic E-state index is -0.288. The fourth-order valence-electron chi connectivity index (χ4n) is 3.50. The van der Waals surface area contributed by atoms with Gasteiger partial charge in [-0.05, 0) is 62.1 Å². The van der Waals surface area contributed by atoms with E-state index in [0.717, 1.165) is 22.4 Å². The van der Waals surface area contributed by atoms with Gasteiger partial charge in [-0.3, -0.25) is 9.59 Å². The summed E-state index contributed by atoms with van der Waals surface area (Å²) < 4.78 is 15.4. The third-order valence-corrected chi connectivity index (χ3v) is 5.42. The van der Waals surface area contributed by atoms with E-state index >= 15 is 0 Å². The van der Waals surface area contributed by atoms with E-state index in [9.17, 15) is 14.0 Å². The Hall–Kier alpha value is -2.53. The quantitative estimate of drug-likeness (QED) is 0.701. The van der Waals surface area contributed by atoms with E-state index in [4.69, 9.17) is 0 Å². The Morgan fingerprint density at radius 3 is 2.17 bits per heavy atom. The molecule has 1 heterocycles. The molecule has 0 unspecified atom stereocenters. The van der Waals surface area contributed by atoms with Crippen LogP contribution < -0.4 is 10.7 Å². The average Bonchev–Trinajstić information content (AvgIpc) is 2.64. The average molecular weight is 399 g/mol. The number of carbonyl (C=O) groups excluding carboxylic acids is 1. The maximum absolute atomic E-state index is 13.3. The van der Waals surface area contributed by atoms with Gasteiger partial charge in [0.2, 0.25) is 0 Å². The van der Waals surface area contributed by atoms with Crippen LogP contribution in [0.2, 0.25) is 0 Å². The fourth-order valence-corrected chi connectivity index (χ4v) is 3.50. The third-order valence-electron chi connectivity index (χ3n) is 5.42. The van der Waals surface area contributed by atoms with Gasteiger partial charge in [0.15, 0.2) is 11.2 Å². The summed E-state index contributed by atoms with van der Waals surface area (Å²) in [5, 5.41) is 3.23. The monoisotopic (exact) mass is 398 g/mol. The number of halogens is 1. The zero-order chi connectivity index (χ0) is 21.9. The lowest BCUT2D eigenvalue weighted by atomic mass is 9.85. The summed E-state index contributed by atoms with van der Waals surface area (Å²) in [6.45, 7) is 12.4. The third kappa shape index (κ3) is 5.10. The van der Waals surface area contributed by atoms with Crippen molar-refractivity contribution >= 4 is 16.9 Å². The normalized spacial score (nSPS) is 13.8. The van der Waals surface area contributed by atoms with Gasteiger partial charge >= 0.3 is 0 Å². The molecule has 0 aliphatic heterocycles. The number of nitrogens with zero attached hydrogens (tertiary/aromatic N) is 1. The first kappa shape index (κ1) is 22.8. The highest BCUT2D eigenvalue weighted by molar-refractivity contribution is 5.94. The predicted molar refractivity (Wildman–Crippen MR) is 118 cm³/mol. The first-order valence-electron chi connectivity index (χ1n) is 9.83. The van der Waals surface area contributed by atoms with Crippen molar-refractivity contribution in [3.63, 3.8) is 0 Å². The number of aromatic nitrogens is 1. The number of ketones is 1. The summed E-state index contributed by atoms with van der Waals surface area (Å²) in [7, 11) is 1.89. The van der Waals surface area contributed by atoms with E-state index < -0.39 is 0 Å². The second-order valence-corrected chi connectivity index (χ2v) is 8.60. The fraction of sp³-hybridized carbons (Fsp3) is 0.417. The zero-order valence-electron chi connectivity index (χ0n) is 18.4. The van der Waals surface area contributed by atoms with Gasteiger partial charge in [0.05, 0.1) is 11.6 Å². The highest BCUT2D eigenvalue weighted by Gasteiger charge is 2.28.